The largest absolute Gasteiger partial charge is 0.497 e. The van der Waals surface area contributed by atoms with Gasteiger partial charge in [-0.25, -0.2) is 4.99 Å². The number of hydrogen-bond acceptors (Lipinski definition) is 3. The third kappa shape index (κ3) is 7.38. The summed E-state index contributed by atoms with van der Waals surface area (Å²) < 4.78 is 5.14. The van der Waals surface area contributed by atoms with Crippen molar-refractivity contribution >= 4 is 29.9 Å². The number of halogens is 1. The Labute approximate surface area is 179 Å². The predicted molar refractivity (Wildman–Crippen MR) is 122 cm³/mol. The monoisotopic (exact) mass is 483 g/mol. The summed E-state index contributed by atoms with van der Waals surface area (Å²) in [6, 6.07) is 13.8. The Balaban J connectivity index is 0.00000364. The van der Waals surface area contributed by atoms with Crippen molar-refractivity contribution in [3.8, 4) is 5.75 Å². The SMILES string of the molecule is CCNC(=NCc1ccc(C)cc1C)NCC(O)c1ccc(OC)cc1.I. The van der Waals surface area contributed by atoms with Crippen molar-refractivity contribution in [3.63, 3.8) is 0 Å². The highest BCUT2D eigenvalue weighted by molar-refractivity contribution is 14.0. The molecule has 0 aliphatic heterocycles. The molecule has 1 atom stereocenters. The van der Waals surface area contributed by atoms with E-state index >= 15 is 0 Å². The molecule has 0 saturated heterocycles. The van der Waals surface area contributed by atoms with Crippen LogP contribution in [0.25, 0.3) is 0 Å². The van der Waals surface area contributed by atoms with Gasteiger partial charge in [-0.15, -0.1) is 24.0 Å². The van der Waals surface area contributed by atoms with Crippen molar-refractivity contribution in [3.05, 3.63) is 64.7 Å². The molecule has 0 radical (unpaired) electrons. The maximum absolute atomic E-state index is 10.4. The van der Waals surface area contributed by atoms with Crippen molar-refractivity contribution in [2.75, 3.05) is 20.2 Å². The number of benzene rings is 2. The zero-order valence-electron chi connectivity index (χ0n) is 16.5. The van der Waals surface area contributed by atoms with Gasteiger partial charge in [-0.2, -0.15) is 0 Å². The molecule has 1 unspecified atom stereocenters. The smallest absolute Gasteiger partial charge is 0.191 e. The van der Waals surface area contributed by atoms with E-state index in [-0.39, 0.29) is 24.0 Å². The van der Waals surface area contributed by atoms with Crippen LogP contribution in [0.4, 0.5) is 0 Å². The fourth-order valence-corrected chi connectivity index (χ4v) is 2.67. The highest BCUT2D eigenvalue weighted by Gasteiger charge is 2.09. The molecule has 0 saturated carbocycles. The summed E-state index contributed by atoms with van der Waals surface area (Å²) in [5.74, 6) is 1.47. The molecule has 5 nitrogen and oxygen atoms in total. The van der Waals surface area contributed by atoms with Crippen molar-refractivity contribution in [1.82, 2.24) is 10.6 Å². The first-order valence-electron chi connectivity index (χ1n) is 8.93. The molecule has 2 aromatic carbocycles. The van der Waals surface area contributed by atoms with E-state index in [0.29, 0.717) is 19.0 Å². The second kappa shape index (κ2) is 11.8. The average molecular weight is 483 g/mol. The third-order valence-corrected chi connectivity index (χ3v) is 4.21. The Bertz CT molecular complexity index is 733. The van der Waals surface area contributed by atoms with Crippen LogP contribution in [0.3, 0.4) is 0 Å². The summed E-state index contributed by atoms with van der Waals surface area (Å²) in [5.41, 5.74) is 4.53. The maximum Gasteiger partial charge on any atom is 0.191 e. The highest BCUT2D eigenvalue weighted by Crippen LogP contribution is 2.17. The summed E-state index contributed by atoms with van der Waals surface area (Å²) in [5, 5.41) is 16.8. The minimum atomic E-state index is -0.620. The number of aliphatic imine (C=N–C) groups is 1. The molecule has 2 aromatic rings. The van der Waals surface area contributed by atoms with Crippen LogP contribution < -0.4 is 15.4 Å². The first-order chi connectivity index (χ1) is 12.5. The number of methoxy groups -OCH3 is 1. The van der Waals surface area contributed by atoms with E-state index in [2.05, 4.69) is 47.7 Å². The molecule has 148 valence electrons. The summed E-state index contributed by atoms with van der Waals surface area (Å²) >= 11 is 0. The summed E-state index contributed by atoms with van der Waals surface area (Å²) in [7, 11) is 1.63. The molecule has 0 heterocycles. The predicted octanol–water partition coefficient (Wildman–Crippen LogP) is 3.72. The number of nitrogens with one attached hydrogen (secondary N) is 2. The van der Waals surface area contributed by atoms with E-state index < -0.39 is 6.10 Å². The third-order valence-electron chi connectivity index (χ3n) is 4.21. The van der Waals surface area contributed by atoms with Gasteiger partial charge in [0.05, 0.1) is 19.8 Å². The molecule has 0 fully saturated rings. The van der Waals surface area contributed by atoms with E-state index in [9.17, 15) is 5.11 Å². The van der Waals surface area contributed by atoms with Gasteiger partial charge < -0.3 is 20.5 Å². The van der Waals surface area contributed by atoms with Gasteiger partial charge in [-0.05, 0) is 49.6 Å². The van der Waals surface area contributed by atoms with Crippen molar-refractivity contribution in [2.45, 2.75) is 33.4 Å². The van der Waals surface area contributed by atoms with E-state index in [0.717, 1.165) is 17.9 Å². The molecule has 3 N–H and O–H groups in total. The number of rotatable bonds is 7. The van der Waals surface area contributed by atoms with Crippen LogP contribution in [-0.4, -0.2) is 31.3 Å². The molecular formula is C21H30IN3O2. The topological polar surface area (TPSA) is 65.9 Å². The first-order valence-corrected chi connectivity index (χ1v) is 8.93. The van der Waals surface area contributed by atoms with Crippen molar-refractivity contribution in [2.24, 2.45) is 4.99 Å². The fraction of sp³-hybridized carbons (Fsp3) is 0.381. The maximum atomic E-state index is 10.4. The van der Waals surface area contributed by atoms with Crippen LogP contribution in [0.2, 0.25) is 0 Å². The Kier molecular flexibility index (Phi) is 10.2. The lowest BCUT2D eigenvalue weighted by Crippen LogP contribution is -2.39. The Morgan fingerprint density at radius 3 is 2.41 bits per heavy atom. The Morgan fingerprint density at radius 1 is 1.11 bits per heavy atom. The van der Waals surface area contributed by atoms with E-state index in [1.807, 2.05) is 31.2 Å². The van der Waals surface area contributed by atoms with Gasteiger partial charge in [0.2, 0.25) is 0 Å². The van der Waals surface area contributed by atoms with Crippen LogP contribution in [-0.2, 0) is 6.54 Å². The number of aryl methyl sites for hydroxylation is 2. The van der Waals surface area contributed by atoms with Crippen LogP contribution in [0, 0.1) is 13.8 Å². The standard InChI is InChI=1S/C21H29N3O2.HI/c1-5-22-21(23-13-18-7-6-15(2)12-16(18)3)24-14-20(25)17-8-10-19(26-4)11-9-17;/h6-12,20,25H,5,13-14H2,1-4H3,(H2,22,23,24);1H. The number of hydrogen-bond donors (Lipinski definition) is 3. The van der Waals surface area contributed by atoms with Gasteiger partial charge in [0.1, 0.15) is 5.75 Å². The van der Waals surface area contributed by atoms with Crippen LogP contribution in [0.1, 0.15) is 35.3 Å². The molecule has 27 heavy (non-hydrogen) atoms. The lowest BCUT2D eigenvalue weighted by molar-refractivity contribution is 0.180. The van der Waals surface area contributed by atoms with Gasteiger partial charge in [0.15, 0.2) is 5.96 Å². The van der Waals surface area contributed by atoms with Gasteiger partial charge in [0.25, 0.3) is 0 Å². The second-order valence-electron chi connectivity index (χ2n) is 6.29. The fourth-order valence-electron chi connectivity index (χ4n) is 2.67. The summed E-state index contributed by atoms with van der Waals surface area (Å²) in [4.78, 5) is 4.63. The molecule has 0 spiro atoms. The van der Waals surface area contributed by atoms with Gasteiger partial charge in [-0.1, -0.05) is 35.9 Å². The zero-order chi connectivity index (χ0) is 18.9. The molecular weight excluding hydrogens is 453 g/mol. The van der Waals surface area contributed by atoms with E-state index in [1.165, 1.54) is 16.7 Å². The minimum Gasteiger partial charge on any atom is -0.497 e. The van der Waals surface area contributed by atoms with Crippen LogP contribution in [0.15, 0.2) is 47.5 Å². The van der Waals surface area contributed by atoms with Crippen molar-refractivity contribution in [1.29, 1.82) is 0 Å². The Morgan fingerprint density at radius 2 is 1.81 bits per heavy atom. The molecule has 6 heteroatoms. The lowest BCUT2D eigenvalue weighted by atomic mass is 10.1. The molecule has 0 aliphatic rings. The van der Waals surface area contributed by atoms with Gasteiger partial charge in [0, 0.05) is 13.1 Å². The van der Waals surface area contributed by atoms with Gasteiger partial charge in [-0.3, -0.25) is 0 Å². The van der Waals surface area contributed by atoms with E-state index in [4.69, 9.17) is 4.74 Å². The average Bonchev–Trinajstić information content (AvgIpc) is 2.65. The summed E-state index contributed by atoms with van der Waals surface area (Å²) in [6.45, 7) is 7.95. The first kappa shape index (κ1) is 23.2. The van der Waals surface area contributed by atoms with Gasteiger partial charge >= 0.3 is 0 Å². The quantitative estimate of drug-likeness (QED) is 0.319. The van der Waals surface area contributed by atoms with Crippen LogP contribution in [0.5, 0.6) is 5.75 Å². The number of aliphatic hydroxyl groups excluding tert-OH is 1. The number of aliphatic hydroxyl groups is 1. The molecule has 0 aliphatic carbocycles. The minimum absolute atomic E-state index is 0. The molecule has 0 amide bonds. The van der Waals surface area contributed by atoms with E-state index in [1.54, 1.807) is 7.11 Å². The number of guanidine groups is 1. The lowest BCUT2D eigenvalue weighted by Gasteiger charge is -2.16. The zero-order valence-corrected chi connectivity index (χ0v) is 18.8. The van der Waals surface area contributed by atoms with Crippen molar-refractivity contribution < 1.29 is 9.84 Å². The normalized spacial score (nSPS) is 12.1. The number of nitrogens with zero attached hydrogens (tertiary/aromatic N) is 1. The van der Waals surface area contributed by atoms with Crippen LogP contribution >= 0.6 is 24.0 Å². The second-order valence-corrected chi connectivity index (χ2v) is 6.29. The highest BCUT2D eigenvalue weighted by atomic mass is 127. The molecule has 0 aromatic heterocycles. The molecule has 2 rings (SSSR count). The number of ether oxygens (including phenoxy) is 1. The Hall–Kier alpha value is -1.80. The molecule has 0 bridgehead atoms. The summed E-state index contributed by atoms with van der Waals surface area (Å²) in [6.07, 6.45) is -0.620.